The standard InChI is InChI=1S/C21H23Cl2N3O3S2/c1-3-24-26(21(30)25-9-5-6-14(11-25)20(28)29-4-2)17-12-31-19(18(17)27)13-7-8-15(22)16(23)10-13/h3,7-8,10,12,14,27H,4-6,9,11H2,1-2H3. The summed E-state index contributed by atoms with van der Waals surface area (Å²) in [6.07, 6.45) is 3.19. The zero-order valence-corrected chi connectivity index (χ0v) is 20.3. The first-order valence-corrected chi connectivity index (χ1v) is 11.9. The third-order valence-electron chi connectivity index (χ3n) is 4.88. The molecule has 0 aliphatic carbocycles. The summed E-state index contributed by atoms with van der Waals surface area (Å²) in [4.78, 5) is 14.8. The van der Waals surface area contributed by atoms with Crippen molar-refractivity contribution in [1.29, 1.82) is 0 Å². The summed E-state index contributed by atoms with van der Waals surface area (Å²) in [6, 6.07) is 5.19. The van der Waals surface area contributed by atoms with Crippen molar-refractivity contribution in [3.63, 3.8) is 0 Å². The summed E-state index contributed by atoms with van der Waals surface area (Å²) >= 11 is 19.2. The summed E-state index contributed by atoms with van der Waals surface area (Å²) in [7, 11) is 0. The van der Waals surface area contributed by atoms with Gasteiger partial charge in [-0.15, -0.1) is 11.3 Å². The van der Waals surface area contributed by atoms with Gasteiger partial charge in [-0.05, 0) is 56.6 Å². The lowest BCUT2D eigenvalue weighted by molar-refractivity contribution is -0.149. The number of carbonyl (C=O) groups excluding carboxylic acids is 1. The van der Waals surface area contributed by atoms with Crippen LogP contribution in [0.25, 0.3) is 10.4 Å². The predicted molar refractivity (Wildman–Crippen MR) is 132 cm³/mol. The Kier molecular flexibility index (Phi) is 8.16. The number of hydrogen-bond donors (Lipinski definition) is 1. The largest absolute Gasteiger partial charge is 0.504 e. The molecule has 1 atom stereocenters. The summed E-state index contributed by atoms with van der Waals surface area (Å²) in [6.45, 7) is 5.08. The Morgan fingerprint density at radius 3 is 2.90 bits per heavy atom. The minimum absolute atomic E-state index is 0.0512. The van der Waals surface area contributed by atoms with Crippen LogP contribution in [0.2, 0.25) is 10.0 Å². The summed E-state index contributed by atoms with van der Waals surface area (Å²) in [5.74, 6) is -0.391. The van der Waals surface area contributed by atoms with Crippen LogP contribution in [0.3, 0.4) is 0 Å². The van der Waals surface area contributed by atoms with Crippen LogP contribution in [0, 0.1) is 5.92 Å². The van der Waals surface area contributed by atoms with Crippen molar-refractivity contribution in [2.75, 3.05) is 24.7 Å². The number of aromatic hydroxyl groups is 1. The highest BCUT2D eigenvalue weighted by atomic mass is 35.5. The number of likely N-dealkylation sites (tertiary alicyclic amines) is 1. The Morgan fingerprint density at radius 1 is 1.45 bits per heavy atom. The number of piperidine rings is 1. The number of hydrazone groups is 1. The highest BCUT2D eigenvalue weighted by Gasteiger charge is 2.31. The van der Waals surface area contributed by atoms with Crippen LogP contribution in [0.15, 0.2) is 28.7 Å². The molecule has 6 nitrogen and oxygen atoms in total. The smallest absolute Gasteiger partial charge is 0.310 e. The number of rotatable bonds is 5. The van der Waals surface area contributed by atoms with Gasteiger partial charge in [-0.1, -0.05) is 29.3 Å². The molecule has 2 heterocycles. The quantitative estimate of drug-likeness (QED) is 0.242. The zero-order chi connectivity index (χ0) is 22.5. The Bertz CT molecular complexity index is 996. The monoisotopic (exact) mass is 499 g/mol. The van der Waals surface area contributed by atoms with Gasteiger partial charge >= 0.3 is 5.97 Å². The fourth-order valence-electron chi connectivity index (χ4n) is 3.40. The number of thiocarbonyl (C=S) groups is 1. The lowest BCUT2D eigenvalue weighted by atomic mass is 9.98. The topological polar surface area (TPSA) is 65.4 Å². The average Bonchev–Trinajstić information content (AvgIpc) is 3.14. The van der Waals surface area contributed by atoms with Gasteiger partial charge in [0.1, 0.15) is 5.69 Å². The van der Waals surface area contributed by atoms with Crippen LogP contribution in [0.4, 0.5) is 5.69 Å². The molecule has 1 unspecified atom stereocenters. The van der Waals surface area contributed by atoms with Crippen molar-refractivity contribution < 1.29 is 14.6 Å². The van der Waals surface area contributed by atoms with Crippen molar-refractivity contribution >= 4 is 69.7 Å². The van der Waals surface area contributed by atoms with E-state index >= 15 is 0 Å². The molecule has 1 aromatic heterocycles. The van der Waals surface area contributed by atoms with Crippen LogP contribution >= 0.6 is 46.8 Å². The van der Waals surface area contributed by atoms with Gasteiger partial charge in [0.2, 0.25) is 0 Å². The van der Waals surface area contributed by atoms with E-state index in [9.17, 15) is 9.90 Å². The van der Waals surface area contributed by atoms with Gasteiger partial charge in [0.25, 0.3) is 0 Å². The summed E-state index contributed by atoms with van der Waals surface area (Å²) < 4.78 is 5.18. The molecular weight excluding hydrogens is 477 g/mol. The first-order valence-electron chi connectivity index (χ1n) is 9.87. The van der Waals surface area contributed by atoms with Gasteiger partial charge < -0.3 is 14.7 Å². The number of carbonyl (C=O) groups is 1. The molecule has 0 bridgehead atoms. The summed E-state index contributed by atoms with van der Waals surface area (Å²) in [5.41, 5.74) is 1.21. The van der Waals surface area contributed by atoms with Crippen molar-refractivity contribution in [2.45, 2.75) is 26.7 Å². The van der Waals surface area contributed by atoms with Gasteiger partial charge in [-0.25, -0.2) is 5.01 Å². The fourth-order valence-corrected chi connectivity index (χ4v) is 4.93. The number of esters is 1. The molecule has 166 valence electrons. The Balaban J connectivity index is 1.87. The van der Waals surface area contributed by atoms with E-state index in [0.717, 1.165) is 18.4 Å². The molecule has 0 amide bonds. The maximum Gasteiger partial charge on any atom is 0.310 e. The Labute approximate surface area is 201 Å². The molecule has 0 spiro atoms. The number of ether oxygens (including phenoxy) is 1. The number of benzene rings is 1. The van der Waals surface area contributed by atoms with E-state index < -0.39 is 0 Å². The molecule has 3 rings (SSSR count). The highest BCUT2D eigenvalue weighted by molar-refractivity contribution is 7.80. The SMILES string of the molecule is CC=NN(C(=S)N1CCCC(C(=O)OCC)C1)c1csc(-c2ccc(Cl)c(Cl)c2)c1O. The van der Waals surface area contributed by atoms with E-state index in [-0.39, 0.29) is 17.6 Å². The van der Waals surface area contributed by atoms with Gasteiger partial charge in [0.15, 0.2) is 10.9 Å². The maximum atomic E-state index is 12.2. The van der Waals surface area contributed by atoms with E-state index in [0.29, 0.717) is 45.4 Å². The molecule has 10 heteroatoms. The van der Waals surface area contributed by atoms with Crippen LogP contribution in [-0.2, 0) is 9.53 Å². The van der Waals surface area contributed by atoms with Gasteiger partial charge in [-0.2, -0.15) is 5.10 Å². The van der Waals surface area contributed by atoms with E-state index in [2.05, 4.69) is 5.10 Å². The lowest BCUT2D eigenvalue weighted by Gasteiger charge is -2.35. The maximum absolute atomic E-state index is 12.2. The molecule has 1 N–H and O–H groups in total. The number of nitrogens with zero attached hydrogens (tertiary/aromatic N) is 3. The molecule has 1 saturated heterocycles. The van der Waals surface area contributed by atoms with Gasteiger partial charge in [0, 0.05) is 24.7 Å². The highest BCUT2D eigenvalue weighted by Crippen LogP contribution is 2.45. The second kappa shape index (κ2) is 10.6. The second-order valence-electron chi connectivity index (χ2n) is 6.93. The third kappa shape index (κ3) is 5.31. The van der Waals surface area contributed by atoms with Gasteiger partial charge in [0.05, 0.1) is 27.4 Å². The number of thiophene rings is 1. The van der Waals surface area contributed by atoms with Crippen LogP contribution < -0.4 is 5.01 Å². The minimum atomic E-state index is -0.234. The Hall–Kier alpha value is -1.87. The molecule has 0 radical (unpaired) electrons. The second-order valence-corrected chi connectivity index (χ2v) is 8.99. The molecule has 1 aromatic carbocycles. The average molecular weight is 500 g/mol. The predicted octanol–water partition coefficient (Wildman–Crippen LogP) is 5.80. The Morgan fingerprint density at radius 2 is 2.23 bits per heavy atom. The van der Waals surface area contributed by atoms with Crippen molar-refractivity contribution in [3.8, 4) is 16.2 Å². The number of anilines is 1. The normalized spacial score (nSPS) is 16.5. The molecule has 1 fully saturated rings. The van der Waals surface area contributed by atoms with E-state index in [1.807, 2.05) is 4.90 Å². The first-order chi connectivity index (χ1) is 14.9. The van der Waals surface area contributed by atoms with Crippen LogP contribution in [-0.4, -0.2) is 47.0 Å². The van der Waals surface area contributed by atoms with Crippen molar-refractivity contribution in [1.82, 2.24) is 4.90 Å². The first kappa shape index (κ1) is 23.8. The minimum Gasteiger partial charge on any atom is -0.504 e. The zero-order valence-electron chi connectivity index (χ0n) is 17.2. The third-order valence-corrected chi connectivity index (χ3v) is 7.06. The number of halogens is 2. The molecule has 31 heavy (non-hydrogen) atoms. The van der Waals surface area contributed by atoms with E-state index in [4.69, 9.17) is 40.2 Å². The van der Waals surface area contributed by atoms with Crippen LogP contribution in [0.5, 0.6) is 5.75 Å². The fraction of sp³-hybridized carbons (Fsp3) is 0.381. The molecule has 0 saturated carbocycles. The van der Waals surface area contributed by atoms with E-state index in [1.165, 1.54) is 16.3 Å². The molecule has 2 aromatic rings. The molecular formula is C21H23Cl2N3O3S2. The van der Waals surface area contributed by atoms with Gasteiger partial charge in [-0.3, -0.25) is 4.79 Å². The number of hydrogen-bond acceptors (Lipinski definition) is 6. The summed E-state index contributed by atoms with van der Waals surface area (Å²) in [5, 5.41) is 19.9. The van der Waals surface area contributed by atoms with Crippen molar-refractivity contribution in [2.24, 2.45) is 11.0 Å². The van der Waals surface area contributed by atoms with Crippen molar-refractivity contribution in [3.05, 3.63) is 33.6 Å². The van der Waals surface area contributed by atoms with Crippen LogP contribution in [0.1, 0.15) is 26.7 Å². The lowest BCUT2D eigenvalue weighted by Crippen LogP contribution is -2.47. The molecule has 1 aliphatic rings. The molecule has 1 aliphatic heterocycles. The van der Waals surface area contributed by atoms with E-state index in [1.54, 1.807) is 43.6 Å².